The SMILES string of the molecule is CCCCC(CC)C(=O)OCCOCCOCCOCCOCCOCCOCCOCCOCCOCC(=O)OC. The van der Waals surface area contributed by atoms with Crippen LogP contribution in [0.25, 0.3) is 0 Å². The van der Waals surface area contributed by atoms with Crippen molar-refractivity contribution < 1.29 is 61.7 Å². The minimum absolute atomic E-state index is 0.00566. The number of methoxy groups -OCH3 is 1. The molecule has 0 radical (unpaired) electrons. The Hall–Kier alpha value is -1.42. The van der Waals surface area contributed by atoms with E-state index in [9.17, 15) is 9.59 Å². The second-order valence-electron chi connectivity index (χ2n) is 8.94. The lowest BCUT2D eigenvalue weighted by Crippen LogP contribution is -2.20. The molecule has 250 valence electrons. The van der Waals surface area contributed by atoms with E-state index in [-0.39, 0.29) is 25.1 Å². The minimum Gasteiger partial charge on any atom is -0.467 e. The van der Waals surface area contributed by atoms with Gasteiger partial charge in [-0.1, -0.05) is 26.7 Å². The molecule has 0 aliphatic heterocycles. The highest BCUT2D eigenvalue weighted by Gasteiger charge is 2.16. The molecule has 1 atom stereocenters. The van der Waals surface area contributed by atoms with E-state index in [0.717, 1.165) is 25.7 Å². The molecule has 0 amide bonds. The smallest absolute Gasteiger partial charge is 0.331 e. The standard InChI is InChI=1S/C29H56O13/c1-4-6-7-27(5-2)29(31)42-25-24-40-21-20-38-17-16-36-13-12-34-9-8-33-10-11-35-14-15-37-18-19-39-22-23-41-26-28(30)32-3/h27H,4-26H2,1-3H3. The van der Waals surface area contributed by atoms with E-state index in [1.807, 2.05) is 6.92 Å². The molecule has 0 heterocycles. The number of ether oxygens (including phenoxy) is 11. The lowest BCUT2D eigenvalue weighted by Gasteiger charge is -2.13. The van der Waals surface area contributed by atoms with Crippen LogP contribution in [-0.4, -0.2) is 145 Å². The summed E-state index contributed by atoms with van der Waals surface area (Å²) in [5.74, 6) is -0.539. The molecule has 0 bridgehead atoms. The highest BCUT2D eigenvalue weighted by Crippen LogP contribution is 2.14. The van der Waals surface area contributed by atoms with E-state index in [1.54, 1.807) is 0 Å². The van der Waals surface area contributed by atoms with Gasteiger partial charge in [-0.25, -0.2) is 4.79 Å². The van der Waals surface area contributed by atoms with Crippen LogP contribution in [0.15, 0.2) is 0 Å². The summed E-state index contributed by atoms with van der Waals surface area (Å²) in [6.45, 7) is 12.1. The number of unbranched alkanes of at least 4 members (excludes halogenated alkanes) is 1. The first kappa shape index (κ1) is 40.6. The second-order valence-corrected chi connectivity index (χ2v) is 8.94. The Bertz CT molecular complexity index is 580. The fourth-order valence-electron chi connectivity index (χ4n) is 3.23. The van der Waals surface area contributed by atoms with Gasteiger partial charge in [0.05, 0.1) is 125 Å². The van der Waals surface area contributed by atoms with Crippen molar-refractivity contribution in [3.8, 4) is 0 Å². The number of carbonyl (C=O) groups is 2. The highest BCUT2D eigenvalue weighted by molar-refractivity contribution is 5.72. The van der Waals surface area contributed by atoms with Crippen LogP contribution in [-0.2, 0) is 61.7 Å². The number of carbonyl (C=O) groups excluding carboxylic acids is 2. The fourth-order valence-corrected chi connectivity index (χ4v) is 3.23. The van der Waals surface area contributed by atoms with Crippen molar-refractivity contribution in [1.82, 2.24) is 0 Å². The molecule has 0 spiro atoms. The number of hydrogen-bond acceptors (Lipinski definition) is 13. The molecule has 0 N–H and O–H groups in total. The zero-order chi connectivity index (χ0) is 30.8. The van der Waals surface area contributed by atoms with Gasteiger partial charge in [0, 0.05) is 0 Å². The van der Waals surface area contributed by atoms with Crippen LogP contribution in [0.1, 0.15) is 39.5 Å². The number of rotatable bonds is 34. The molecular formula is C29H56O13. The van der Waals surface area contributed by atoms with E-state index in [1.165, 1.54) is 7.11 Å². The maximum atomic E-state index is 12.0. The van der Waals surface area contributed by atoms with Gasteiger partial charge in [-0.05, 0) is 12.8 Å². The summed E-state index contributed by atoms with van der Waals surface area (Å²) in [4.78, 5) is 22.8. The van der Waals surface area contributed by atoms with Crippen LogP contribution < -0.4 is 0 Å². The summed E-state index contributed by atoms with van der Waals surface area (Å²) < 4.78 is 58.2. The first-order chi connectivity index (χ1) is 20.7. The van der Waals surface area contributed by atoms with E-state index in [0.29, 0.717) is 112 Å². The van der Waals surface area contributed by atoms with Crippen molar-refractivity contribution in [3.05, 3.63) is 0 Å². The average molecular weight is 613 g/mol. The van der Waals surface area contributed by atoms with Crippen LogP contribution in [0.2, 0.25) is 0 Å². The Morgan fingerprint density at radius 2 is 0.833 bits per heavy atom. The molecule has 0 aromatic rings. The van der Waals surface area contributed by atoms with E-state index in [2.05, 4.69) is 11.7 Å². The van der Waals surface area contributed by atoms with Crippen molar-refractivity contribution in [2.24, 2.45) is 5.92 Å². The topological polar surface area (TPSA) is 136 Å². The van der Waals surface area contributed by atoms with Crippen molar-refractivity contribution in [3.63, 3.8) is 0 Å². The molecule has 0 rings (SSSR count). The van der Waals surface area contributed by atoms with Gasteiger partial charge in [0.25, 0.3) is 0 Å². The Morgan fingerprint density at radius 1 is 0.500 bits per heavy atom. The first-order valence-electron chi connectivity index (χ1n) is 15.1. The summed E-state index contributed by atoms with van der Waals surface area (Å²) in [5.41, 5.74) is 0. The van der Waals surface area contributed by atoms with Crippen molar-refractivity contribution >= 4 is 11.9 Å². The Balaban J connectivity index is 3.17. The van der Waals surface area contributed by atoms with Crippen LogP contribution in [0.3, 0.4) is 0 Å². The summed E-state index contributed by atoms with van der Waals surface area (Å²) in [5, 5.41) is 0. The molecule has 42 heavy (non-hydrogen) atoms. The summed E-state index contributed by atoms with van der Waals surface area (Å²) >= 11 is 0. The molecule has 13 heteroatoms. The Morgan fingerprint density at radius 3 is 1.14 bits per heavy atom. The molecule has 0 saturated heterocycles. The summed E-state index contributed by atoms with van der Waals surface area (Å²) in [6, 6.07) is 0. The van der Waals surface area contributed by atoms with Crippen molar-refractivity contribution in [1.29, 1.82) is 0 Å². The van der Waals surface area contributed by atoms with Crippen LogP contribution >= 0.6 is 0 Å². The third-order valence-corrected chi connectivity index (χ3v) is 5.63. The zero-order valence-electron chi connectivity index (χ0n) is 26.1. The van der Waals surface area contributed by atoms with Gasteiger partial charge in [-0.2, -0.15) is 0 Å². The molecule has 13 nitrogen and oxygen atoms in total. The van der Waals surface area contributed by atoms with Gasteiger partial charge < -0.3 is 52.1 Å². The Labute approximate surface area is 252 Å². The zero-order valence-corrected chi connectivity index (χ0v) is 26.1. The molecule has 0 fully saturated rings. The van der Waals surface area contributed by atoms with Gasteiger partial charge in [0.2, 0.25) is 0 Å². The van der Waals surface area contributed by atoms with Gasteiger partial charge in [-0.3, -0.25) is 4.79 Å². The van der Waals surface area contributed by atoms with Crippen LogP contribution in [0, 0.1) is 5.92 Å². The third kappa shape index (κ3) is 30.1. The quantitative estimate of drug-likeness (QED) is 0.0776. The van der Waals surface area contributed by atoms with Gasteiger partial charge in [0.1, 0.15) is 13.2 Å². The summed E-state index contributed by atoms with van der Waals surface area (Å²) in [6.07, 6.45) is 3.82. The largest absolute Gasteiger partial charge is 0.467 e. The lowest BCUT2D eigenvalue weighted by atomic mass is 10.00. The maximum absolute atomic E-state index is 12.0. The third-order valence-electron chi connectivity index (χ3n) is 5.63. The number of hydrogen-bond donors (Lipinski definition) is 0. The molecule has 0 aliphatic rings. The predicted octanol–water partition coefficient (Wildman–Crippen LogP) is 2.07. The van der Waals surface area contributed by atoms with Crippen molar-refractivity contribution in [2.75, 3.05) is 133 Å². The highest BCUT2D eigenvalue weighted by atomic mass is 16.6. The van der Waals surface area contributed by atoms with E-state index in [4.69, 9.17) is 47.4 Å². The molecule has 0 saturated carbocycles. The fraction of sp³-hybridized carbons (Fsp3) is 0.931. The number of esters is 2. The molecular weight excluding hydrogens is 556 g/mol. The molecule has 0 aliphatic carbocycles. The predicted molar refractivity (Wildman–Crippen MR) is 154 cm³/mol. The van der Waals surface area contributed by atoms with Crippen LogP contribution in [0.5, 0.6) is 0 Å². The van der Waals surface area contributed by atoms with E-state index >= 15 is 0 Å². The van der Waals surface area contributed by atoms with Crippen molar-refractivity contribution in [2.45, 2.75) is 39.5 Å². The van der Waals surface area contributed by atoms with Gasteiger partial charge in [-0.15, -0.1) is 0 Å². The normalized spacial score (nSPS) is 12.0. The van der Waals surface area contributed by atoms with Crippen LogP contribution in [0.4, 0.5) is 0 Å². The monoisotopic (exact) mass is 612 g/mol. The molecule has 1 unspecified atom stereocenters. The minimum atomic E-state index is -0.409. The second kappa shape index (κ2) is 34.1. The lowest BCUT2D eigenvalue weighted by molar-refractivity contribution is -0.150. The molecule has 0 aromatic carbocycles. The average Bonchev–Trinajstić information content (AvgIpc) is 3.00. The van der Waals surface area contributed by atoms with E-state index < -0.39 is 5.97 Å². The first-order valence-corrected chi connectivity index (χ1v) is 15.1. The Kier molecular flexibility index (Phi) is 32.9. The van der Waals surface area contributed by atoms with Gasteiger partial charge >= 0.3 is 11.9 Å². The van der Waals surface area contributed by atoms with Gasteiger partial charge in [0.15, 0.2) is 0 Å². The summed E-state index contributed by atoms with van der Waals surface area (Å²) in [7, 11) is 1.31. The molecule has 0 aromatic heterocycles. The maximum Gasteiger partial charge on any atom is 0.331 e.